The largest absolute Gasteiger partial charge is 0.451 e. The van der Waals surface area contributed by atoms with Crippen molar-refractivity contribution in [2.45, 2.75) is 71.7 Å². The van der Waals surface area contributed by atoms with Gasteiger partial charge in [-0.3, -0.25) is 10.0 Å². The van der Waals surface area contributed by atoms with E-state index in [1.165, 1.54) is 12.1 Å². The van der Waals surface area contributed by atoms with Crippen LogP contribution in [0.5, 0.6) is 11.5 Å². The van der Waals surface area contributed by atoms with E-state index in [0.29, 0.717) is 5.56 Å². The SMILES string of the molecule is CNC(F)(F)C(F)(F)C(F)(F)C(F)(F)S(=O)(=O)NS(=O)(=O)C(F)(F)C(F)(F)C(F)(F)C(F)(F)S(=O)(=O)Nc1c(F)c(F)c(-c2c(F)c(F)c(Oc3ccc(C(C)(C)c4ccc(C)cc4)cc3)c(F)c2F)c(F)c1F. The van der Waals surface area contributed by atoms with Crippen LogP contribution >= 0.6 is 0 Å². The molecule has 4 aromatic carbocycles. The molecular formula is C37H23F24N3O7S3. The Morgan fingerprint density at radius 2 is 0.743 bits per heavy atom. The number of aryl methyl sites for hydroxylation is 1. The molecule has 0 unspecified atom stereocenters. The molecule has 4 aromatic rings. The summed E-state index contributed by atoms with van der Waals surface area (Å²) < 4.78 is 424. The highest BCUT2D eigenvalue weighted by atomic mass is 32.3. The van der Waals surface area contributed by atoms with Crippen molar-refractivity contribution in [3.8, 4) is 22.6 Å². The molecule has 0 aliphatic carbocycles. The average Bonchev–Trinajstić information content (AvgIpc) is 3.28. The van der Waals surface area contributed by atoms with Crippen molar-refractivity contribution in [1.82, 2.24) is 9.44 Å². The Kier molecular flexibility index (Phi) is 15.4. The van der Waals surface area contributed by atoms with Gasteiger partial charge in [0.2, 0.25) is 17.4 Å². The molecule has 0 aromatic heterocycles. The van der Waals surface area contributed by atoms with Gasteiger partial charge in [0, 0.05) is 5.41 Å². The predicted octanol–water partition coefficient (Wildman–Crippen LogP) is 11.0. The number of rotatable bonds is 19. The molecule has 0 radical (unpaired) electrons. The van der Waals surface area contributed by atoms with Crippen molar-refractivity contribution in [2.24, 2.45) is 0 Å². The second kappa shape index (κ2) is 18.7. The van der Waals surface area contributed by atoms with E-state index in [1.807, 2.05) is 0 Å². The van der Waals surface area contributed by atoms with Gasteiger partial charge in [0.15, 0.2) is 34.9 Å². The number of benzene rings is 4. The molecule has 0 saturated carbocycles. The molecule has 37 heteroatoms. The zero-order chi connectivity index (χ0) is 57.7. The summed E-state index contributed by atoms with van der Waals surface area (Å²) in [4.78, 5) is 0. The molecule has 10 nitrogen and oxygen atoms in total. The minimum absolute atomic E-state index is 0.0870. The van der Waals surface area contributed by atoms with Gasteiger partial charge in [0.1, 0.15) is 11.4 Å². The number of sulfonamides is 3. The van der Waals surface area contributed by atoms with E-state index < -0.39 is 172 Å². The Hall–Kier alpha value is -5.43. The first-order chi connectivity index (χ1) is 33.0. The second-order valence-corrected chi connectivity index (χ2v) is 20.9. The normalized spacial score (nSPS) is 14.4. The van der Waals surface area contributed by atoms with Crippen LogP contribution in [-0.4, -0.2) is 77.8 Å². The number of anilines is 1. The van der Waals surface area contributed by atoms with Gasteiger partial charge >= 0.3 is 55.5 Å². The number of alkyl halides is 16. The number of halogens is 24. The van der Waals surface area contributed by atoms with Crippen molar-refractivity contribution in [3.63, 3.8) is 0 Å². The summed E-state index contributed by atoms with van der Waals surface area (Å²) >= 11 is 0. The topological polar surface area (TPSA) is 148 Å². The van der Waals surface area contributed by atoms with E-state index in [4.69, 9.17) is 4.74 Å². The Bertz CT molecular complexity index is 3160. The lowest BCUT2D eigenvalue weighted by Gasteiger charge is -2.37. The van der Waals surface area contributed by atoms with Crippen LogP contribution in [0, 0.1) is 53.5 Å². The number of nitrogens with one attached hydrogen (secondary N) is 3. The maximum atomic E-state index is 15.3. The Morgan fingerprint density at radius 1 is 0.432 bits per heavy atom. The lowest BCUT2D eigenvalue weighted by atomic mass is 9.78. The van der Waals surface area contributed by atoms with Crippen molar-refractivity contribution in [3.05, 3.63) is 112 Å². The fourth-order valence-corrected chi connectivity index (χ4v) is 9.88. The molecule has 4 rings (SSSR count). The predicted molar refractivity (Wildman–Crippen MR) is 204 cm³/mol. The van der Waals surface area contributed by atoms with Gasteiger partial charge < -0.3 is 4.74 Å². The summed E-state index contributed by atoms with van der Waals surface area (Å²) in [5.41, 5.74) is -8.10. The quantitative estimate of drug-likeness (QED) is 0.0478. The first-order valence-electron chi connectivity index (χ1n) is 18.6. The van der Waals surface area contributed by atoms with Crippen molar-refractivity contribution >= 4 is 35.8 Å². The van der Waals surface area contributed by atoms with Crippen molar-refractivity contribution in [2.75, 3.05) is 11.8 Å². The summed E-state index contributed by atoms with van der Waals surface area (Å²) in [6.07, 6.45) is 0. The highest BCUT2D eigenvalue weighted by Crippen LogP contribution is 2.58. The molecule has 0 aliphatic rings. The maximum Gasteiger partial charge on any atom is 0.432 e. The zero-order valence-electron chi connectivity index (χ0n) is 35.8. The molecule has 0 heterocycles. The number of hydrogen-bond donors (Lipinski definition) is 3. The molecule has 0 amide bonds. The van der Waals surface area contributed by atoms with Crippen molar-refractivity contribution in [1.29, 1.82) is 0 Å². The first kappa shape index (κ1) is 61.1. The van der Waals surface area contributed by atoms with Gasteiger partial charge in [-0.05, 0) is 37.2 Å². The third kappa shape index (κ3) is 9.08. The van der Waals surface area contributed by atoms with Gasteiger partial charge in [-0.2, -0.15) is 87.4 Å². The van der Waals surface area contributed by atoms with Crippen LogP contribution in [-0.2, 0) is 35.5 Å². The summed E-state index contributed by atoms with van der Waals surface area (Å²) in [6, 6.07) is 4.83. The highest BCUT2D eigenvalue weighted by Gasteiger charge is 2.89. The molecule has 3 N–H and O–H groups in total. The van der Waals surface area contributed by atoms with Crippen LogP contribution in [0.3, 0.4) is 0 Å². The Morgan fingerprint density at radius 3 is 1.09 bits per heavy atom. The third-order valence-corrected chi connectivity index (χ3v) is 15.4. The molecule has 0 bridgehead atoms. The van der Waals surface area contributed by atoms with Crippen LogP contribution in [0.25, 0.3) is 11.1 Å². The van der Waals surface area contributed by atoms with E-state index in [-0.39, 0.29) is 5.32 Å². The average molecular weight is 1170 g/mol. The van der Waals surface area contributed by atoms with Gasteiger partial charge in [0.05, 0.1) is 11.1 Å². The minimum Gasteiger partial charge on any atom is -0.451 e. The smallest absolute Gasteiger partial charge is 0.432 e. The molecule has 0 atom stereocenters. The van der Waals surface area contributed by atoms with E-state index in [0.717, 1.165) is 23.3 Å². The van der Waals surface area contributed by atoms with Gasteiger partial charge in [-0.25, -0.2) is 43.2 Å². The third-order valence-electron chi connectivity index (χ3n) is 10.4. The van der Waals surface area contributed by atoms with Crippen LogP contribution in [0.15, 0.2) is 48.5 Å². The monoisotopic (exact) mass is 1170 g/mol. The fourth-order valence-electron chi connectivity index (χ4n) is 5.91. The summed E-state index contributed by atoms with van der Waals surface area (Å²) in [5.74, 6) is -63.0. The maximum absolute atomic E-state index is 15.3. The fraction of sp³-hybridized carbons (Fsp3) is 0.351. The Labute approximate surface area is 397 Å². The summed E-state index contributed by atoms with van der Waals surface area (Å²) in [6.45, 7) is 5.23. The first-order valence-corrected chi connectivity index (χ1v) is 23.0. The molecule has 0 saturated heterocycles. The molecule has 0 aliphatic heterocycles. The molecule has 0 spiro atoms. The van der Waals surface area contributed by atoms with E-state index in [1.54, 1.807) is 45.0 Å². The molecule has 0 fully saturated rings. The lowest BCUT2D eigenvalue weighted by molar-refractivity contribution is -0.353. The van der Waals surface area contributed by atoms with Crippen LogP contribution in [0.1, 0.15) is 30.5 Å². The second-order valence-electron chi connectivity index (χ2n) is 15.5. The van der Waals surface area contributed by atoms with Gasteiger partial charge in [-0.1, -0.05) is 59.9 Å². The zero-order valence-corrected chi connectivity index (χ0v) is 38.2. The van der Waals surface area contributed by atoms with Crippen LogP contribution < -0.4 is 18.9 Å². The summed E-state index contributed by atoms with van der Waals surface area (Å²) in [5, 5.41) is -25.5. The number of ether oxygens (including phenoxy) is 1. The molecular weight excluding hydrogens is 1150 g/mol. The molecule has 74 heavy (non-hydrogen) atoms. The standard InChI is InChI=1S/C37H23F24N3O7S3/c1-13-5-7-14(8-6-13)29(2,3)15-9-11-16(12-10-15)71-28-25(44)21(40)18(22(41)26(28)45)17-19(38)23(42)27(24(43)20(17)39)63-72(65,66)35(56,57)32(50,51)33(52,53)37(60,61)74(69,70)64-73(67,68)36(58,59)31(48,49)30(46,47)34(54,55)62-4/h5-12,62-64H,1-4H3. The van der Waals surface area contributed by atoms with Crippen LogP contribution in [0.2, 0.25) is 0 Å². The summed E-state index contributed by atoms with van der Waals surface area (Å²) in [7, 11) is -27.3. The minimum atomic E-state index is -9.21. The van der Waals surface area contributed by atoms with E-state index >= 15 is 35.1 Å². The number of hydrogen-bond acceptors (Lipinski definition) is 8. The van der Waals surface area contributed by atoms with Crippen LogP contribution in [0.4, 0.5) is 111 Å². The van der Waals surface area contributed by atoms with E-state index in [9.17, 15) is 95.5 Å². The van der Waals surface area contributed by atoms with Crippen molar-refractivity contribution < 1.29 is 135 Å². The molecule has 414 valence electrons. The highest BCUT2D eigenvalue weighted by molar-refractivity contribution is 8.05. The Balaban J connectivity index is 1.73. The lowest BCUT2D eigenvalue weighted by Crippen LogP contribution is -2.71. The van der Waals surface area contributed by atoms with E-state index in [2.05, 4.69) is 0 Å². The van der Waals surface area contributed by atoms with Gasteiger partial charge in [-0.15, -0.1) is 0 Å². The van der Waals surface area contributed by atoms with Gasteiger partial charge in [0.25, 0.3) is 20.0 Å².